The van der Waals surface area contributed by atoms with Crippen LogP contribution in [0.15, 0.2) is 66.6 Å². The van der Waals surface area contributed by atoms with E-state index in [9.17, 15) is 9.59 Å². The van der Waals surface area contributed by atoms with E-state index in [4.69, 9.17) is 18.9 Å². The van der Waals surface area contributed by atoms with E-state index in [1.54, 1.807) is 6.26 Å². The minimum Gasteiger partial charge on any atom is -0.497 e. The number of methoxy groups -OCH3 is 2. The van der Waals surface area contributed by atoms with Crippen LogP contribution in [0.1, 0.15) is 55.5 Å². The van der Waals surface area contributed by atoms with Gasteiger partial charge in [0.2, 0.25) is 0 Å². The number of nitrogens with one attached hydrogen (secondary N) is 2. The van der Waals surface area contributed by atoms with Gasteiger partial charge >= 0.3 is 11.9 Å². The lowest BCUT2D eigenvalue weighted by molar-refractivity contribution is -0.218. The third-order valence-electron chi connectivity index (χ3n) is 14.2. The second kappa shape index (κ2) is 12.1. The zero-order valence-corrected chi connectivity index (χ0v) is 30.2. The summed E-state index contributed by atoms with van der Waals surface area (Å²) in [7, 11) is 2.94. The van der Waals surface area contributed by atoms with Gasteiger partial charge in [0.25, 0.3) is 0 Å². The molecule has 10 heteroatoms. The molecule has 13 atom stereocenters. The predicted molar refractivity (Wildman–Crippen MR) is 196 cm³/mol. The number of esters is 2. The fraction of sp³-hybridized carbons (Fsp3) is 0.524. The van der Waals surface area contributed by atoms with Crippen LogP contribution in [0.4, 0.5) is 5.69 Å². The van der Waals surface area contributed by atoms with E-state index in [0.717, 1.165) is 48.1 Å². The monoisotopic (exact) mass is 704 g/mol. The highest BCUT2D eigenvalue weighted by molar-refractivity contribution is 5.92. The number of carbonyl (C=O) groups excluding carboxylic acids is 2. The van der Waals surface area contributed by atoms with Crippen LogP contribution in [0.25, 0.3) is 17.0 Å². The number of ether oxygens (including phenoxy) is 4. The molecule has 3 aromatic rings. The molecular formula is C42H48N4O6. The van der Waals surface area contributed by atoms with Crippen molar-refractivity contribution >= 4 is 34.6 Å². The van der Waals surface area contributed by atoms with Gasteiger partial charge in [-0.25, -0.2) is 4.79 Å². The van der Waals surface area contributed by atoms with Crippen LogP contribution in [0.5, 0.6) is 0 Å². The van der Waals surface area contributed by atoms with Crippen LogP contribution >= 0.6 is 0 Å². The van der Waals surface area contributed by atoms with Crippen molar-refractivity contribution in [3.63, 3.8) is 0 Å². The lowest BCUT2D eigenvalue weighted by Gasteiger charge is -2.60. The molecule has 7 aliphatic rings. The van der Waals surface area contributed by atoms with Gasteiger partial charge in [-0.1, -0.05) is 36.4 Å². The highest BCUT2D eigenvalue weighted by atomic mass is 16.5. The van der Waals surface area contributed by atoms with Crippen molar-refractivity contribution in [2.24, 2.45) is 35.5 Å². The smallest absolute Gasteiger partial charge is 0.337 e. The molecular weight excluding hydrogens is 656 g/mol. The number of aromatic amines is 1. The first-order chi connectivity index (χ1) is 25.4. The largest absolute Gasteiger partial charge is 0.497 e. The number of benzene rings is 2. The number of fused-ring (bicyclic) bond motifs is 12. The van der Waals surface area contributed by atoms with Gasteiger partial charge in [-0.05, 0) is 62.9 Å². The molecule has 0 aliphatic carbocycles. The Morgan fingerprint density at radius 3 is 2.62 bits per heavy atom. The third-order valence-corrected chi connectivity index (χ3v) is 14.2. The summed E-state index contributed by atoms with van der Waals surface area (Å²) in [5, 5.41) is 5.08. The van der Waals surface area contributed by atoms with E-state index >= 15 is 0 Å². The van der Waals surface area contributed by atoms with Gasteiger partial charge in [0.15, 0.2) is 0 Å². The Balaban J connectivity index is 1.10. The number of carbonyl (C=O) groups is 2. The molecule has 52 heavy (non-hydrogen) atoms. The van der Waals surface area contributed by atoms with Crippen LogP contribution in [-0.2, 0) is 28.5 Å². The Morgan fingerprint density at radius 2 is 1.77 bits per heavy atom. The molecule has 8 heterocycles. The van der Waals surface area contributed by atoms with Gasteiger partial charge in [0.05, 0.1) is 50.2 Å². The molecule has 1 aromatic heterocycles. The van der Waals surface area contributed by atoms with Gasteiger partial charge < -0.3 is 34.1 Å². The molecule has 1 unspecified atom stereocenters. The zero-order valence-electron chi connectivity index (χ0n) is 30.2. The summed E-state index contributed by atoms with van der Waals surface area (Å²) in [6.07, 6.45) is 7.25. The normalized spacial score (nSPS) is 38.5. The fourth-order valence-electron chi connectivity index (χ4n) is 11.9. The standard InChI is InChI=1S/C42H48N4O6/c1-21-29-19-46-16-14-26-24-10-6-8-12-32(24)44-38(26)39(46)36(34(29)30(20-51-21)41(47)49-3)40-35(42(48)50-4)27-17-33-37-25(23-9-5-7-11-31(23)43-37)13-15-45(33)18-28(27)22(2)52-40/h5-12,14,16,20-22,25,27-29,33-37,39-40,43-44H,13,15,17-19H2,1-4H3/t21-,22-,25+,27+,28-,29-,33-,34-,35+,36+,37+,39?,40-/m0/s1. The van der Waals surface area contributed by atoms with E-state index in [1.165, 1.54) is 25.5 Å². The summed E-state index contributed by atoms with van der Waals surface area (Å²) in [6, 6.07) is 17.5. The molecule has 4 saturated heterocycles. The molecule has 0 bridgehead atoms. The van der Waals surface area contributed by atoms with Crippen molar-refractivity contribution in [2.75, 3.05) is 39.2 Å². The van der Waals surface area contributed by atoms with Gasteiger partial charge in [-0.3, -0.25) is 9.69 Å². The number of para-hydroxylation sites is 2. The maximum Gasteiger partial charge on any atom is 0.337 e. The van der Waals surface area contributed by atoms with E-state index in [0.29, 0.717) is 24.1 Å². The third kappa shape index (κ3) is 4.62. The average molecular weight is 705 g/mol. The van der Waals surface area contributed by atoms with Gasteiger partial charge in [0.1, 0.15) is 6.10 Å². The zero-order chi connectivity index (χ0) is 35.4. The van der Waals surface area contributed by atoms with Crippen LogP contribution in [0.3, 0.4) is 0 Å². The van der Waals surface area contributed by atoms with Crippen LogP contribution in [0, 0.1) is 35.5 Å². The maximum absolute atomic E-state index is 14.5. The van der Waals surface area contributed by atoms with Crippen molar-refractivity contribution in [3.8, 4) is 0 Å². The first-order valence-corrected chi connectivity index (χ1v) is 19.2. The van der Waals surface area contributed by atoms with Crippen LogP contribution in [0.2, 0.25) is 0 Å². The summed E-state index contributed by atoms with van der Waals surface area (Å²) < 4.78 is 24.7. The topological polar surface area (TPSA) is 105 Å². The highest BCUT2D eigenvalue weighted by Crippen LogP contribution is 2.58. The van der Waals surface area contributed by atoms with Gasteiger partial charge in [-0.15, -0.1) is 0 Å². The van der Waals surface area contributed by atoms with E-state index in [-0.39, 0.29) is 59.9 Å². The minimum atomic E-state index is -0.521. The number of rotatable bonds is 3. The Hall–Kier alpha value is -4.28. The quantitative estimate of drug-likeness (QED) is 0.333. The Labute approximate surface area is 304 Å². The fourth-order valence-corrected chi connectivity index (χ4v) is 11.9. The predicted octanol–water partition coefficient (Wildman–Crippen LogP) is 5.70. The molecule has 10 nitrogen and oxygen atoms in total. The summed E-state index contributed by atoms with van der Waals surface area (Å²) in [4.78, 5) is 37.0. The van der Waals surface area contributed by atoms with E-state index in [1.807, 2.05) is 0 Å². The molecule has 2 N–H and O–H groups in total. The molecule has 0 spiro atoms. The second-order valence-electron chi connectivity index (χ2n) is 16.3. The Kier molecular flexibility index (Phi) is 7.55. The molecule has 7 aliphatic heterocycles. The number of aromatic nitrogens is 1. The molecule has 4 fully saturated rings. The number of H-pyrrole nitrogens is 1. The SMILES string of the molecule is COC(=O)C1=CO[C@@H](C)[C@@H]2CN3C=Cc4c([nH]c5ccccc45)C3[C@H]([C@H]3O[C@@H](C)[C@@H]4CN5CC[C@@H]6c7ccccc7N[C@H]6[C@@H]5C[C@H]4[C@H]3C(=O)OC)[C@H]12. The molecule has 272 valence electrons. The minimum absolute atomic E-state index is 0.0343. The van der Waals surface area contributed by atoms with E-state index in [2.05, 4.69) is 94.8 Å². The lowest BCUT2D eigenvalue weighted by atomic mass is 9.58. The molecule has 0 radical (unpaired) electrons. The van der Waals surface area contributed by atoms with Crippen molar-refractivity contribution in [1.29, 1.82) is 0 Å². The Bertz CT molecular complexity index is 1990. The number of anilines is 1. The van der Waals surface area contributed by atoms with Gasteiger partial charge in [0, 0.05) is 88.8 Å². The van der Waals surface area contributed by atoms with E-state index < -0.39 is 18.0 Å². The summed E-state index contributed by atoms with van der Waals surface area (Å²) in [6.45, 7) is 6.90. The average Bonchev–Trinajstić information content (AvgIpc) is 3.75. The molecule has 10 rings (SSSR count). The number of nitrogens with zero attached hydrogens (tertiary/aromatic N) is 2. The highest BCUT2D eigenvalue weighted by Gasteiger charge is 2.62. The number of piperidine rings is 3. The van der Waals surface area contributed by atoms with Gasteiger partial charge in [-0.2, -0.15) is 0 Å². The van der Waals surface area contributed by atoms with Crippen LogP contribution in [-0.4, -0.2) is 91.0 Å². The van der Waals surface area contributed by atoms with Crippen molar-refractivity contribution in [1.82, 2.24) is 14.8 Å². The number of hydrogen-bond acceptors (Lipinski definition) is 9. The number of hydrogen-bond donors (Lipinski definition) is 2. The summed E-state index contributed by atoms with van der Waals surface area (Å²) >= 11 is 0. The first kappa shape index (κ1) is 32.4. The van der Waals surface area contributed by atoms with Crippen molar-refractivity contribution < 1.29 is 28.5 Å². The Morgan fingerprint density at radius 1 is 0.942 bits per heavy atom. The maximum atomic E-state index is 14.5. The van der Waals surface area contributed by atoms with Crippen molar-refractivity contribution in [2.45, 2.75) is 69.0 Å². The van der Waals surface area contributed by atoms with Crippen LogP contribution < -0.4 is 5.32 Å². The summed E-state index contributed by atoms with van der Waals surface area (Å²) in [5.41, 5.74) is 6.48. The summed E-state index contributed by atoms with van der Waals surface area (Å²) in [5.74, 6) is -1.05. The second-order valence-corrected chi connectivity index (χ2v) is 16.3. The molecule has 2 aromatic carbocycles. The first-order valence-electron chi connectivity index (χ1n) is 19.2. The van der Waals surface area contributed by atoms with Crippen molar-refractivity contribution in [3.05, 3.63) is 83.4 Å². The molecule has 0 saturated carbocycles. The molecule has 0 amide bonds. The lowest BCUT2D eigenvalue weighted by Crippen LogP contribution is -2.66.